The molecule has 0 bridgehead atoms. The van der Waals surface area contributed by atoms with Crippen molar-refractivity contribution in [2.45, 2.75) is 46.5 Å². The molecule has 1 aromatic carbocycles. The molecule has 0 unspecified atom stereocenters. The molecule has 0 saturated heterocycles. The van der Waals surface area contributed by atoms with Crippen molar-refractivity contribution in [3.05, 3.63) is 58.4 Å². The summed E-state index contributed by atoms with van der Waals surface area (Å²) in [5.74, 6) is 0.173. The second kappa shape index (κ2) is 8.93. The first-order chi connectivity index (χ1) is 13.5. The number of rotatable bonds is 7. The quantitative estimate of drug-likeness (QED) is 0.578. The maximum absolute atomic E-state index is 12.3. The van der Waals surface area contributed by atoms with Gasteiger partial charge in [0.2, 0.25) is 11.0 Å². The summed E-state index contributed by atoms with van der Waals surface area (Å²) in [6.07, 6.45) is 5.35. The molecule has 0 aliphatic heterocycles. The average molecular weight is 396 g/mol. The molecule has 146 valence electrons. The van der Waals surface area contributed by atoms with E-state index in [1.165, 1.54) is 17.4 Å². The number of aromatic nitrogens is 4. The van der Waals surface area contributed by atoms with Crippen molar-refractivity contribution in [2.24, 2.45) is 0 Å². The summed E-state index contributed by atoms with van der Waals surface area (Å²) in [5, 5.41) is 17.2. The van der Waals surface area contributed by atoms with Gasteiger partial charge in [0.15, 0.2) is 0 Å². The van der Waals surface area contributed by atoms with Gasteiger partial charge >= 0.3 is 0 Å². The van der Waals surface area contributed by atoms with Crippen LogP contribution in [-0.4, -0.2) is 25.9 Å². The number of hydrogen-bond acceptors (Lipinski definition) is 5. The summed E-state index contributed by atoms with van der Waals surface area (Å²) in [7, 11) is 0. The van der Waals surface area contributed by atoms with Crippen molar-refractivity contribution >= 4 is 28.5 Å². The van der Waals surface area contributed by atoms with Crippen LogP contribution in [0, 0.1) is 13.8 Å². The van der Waals surface area contributed by atoms with Gasteiger partial charge in [0, 0.05) is 23.3 Å². The molecule has 0 saturated carbocycles. The second-order valence-corrected chi connectivity index (χ2v) is 7.62. The Hall–Kier alpha value is -2.80. The molecular formula is C21H25N5OS. The number of aryl methyl sites for hydroxylation is 1. The van der Waals surface area contributed by atoms with E-state index in [1.54, 1.807) is 6.08 Å². The minimum absolute atomic E-state index is 0.224. The van der Waals surface area contributed by atoms with E-state index in [4.69, 9.17) is 0 Å². The van der Waals surface area contributed by atoms with Crippen LogP contribution >= 0.6 is 11.3 Å². The molecule has 2 aromatic heterocycles. The van der Waals surface area contributed by atoms with E-state index < -0.39 is 0 Å². The normalized spacial score (nSPS) is 11.5. The van der Waals surface area contributed by atoms with Crippen LogP contribution in [0.2, 0.25) is 0 Å². The van der Waals surface area contributed by atoms with Gasteiger partial charge in [-0.3, -0.25) is 10.1 Å². The zero-order valence-electron chi connectivity index (χ0n) is 16.6. The van der Waals surface area contributed by atoms with Crippen LogP contribution in [0.3, 0.4) is 0 Å². The van der Waals surface area contributed by atoms with Crippen molar-refractivity contribution < 1.29 is 4.79 Å². The van der Waals surface area contributed by atoms with Crippen LogP contribution in [0.5, 0.6) is 0 Å². The molecule has 3 rings (SSSR count). The lowest BCUT2D eigenvalue weighted by atomic mass is 10.1. The van der Waals surface area contributed by atoms with Crippen molar-refractivity contribution in [2.75, 3.05) is 5.32 Å². The molecule has 0 atom stereocenters. The number of carbonyl (C=O) groups is 1. The third kappa shape index (κ3) is 4.36. The molecule has 6 nitrogen and oxygen atoms in total. The van der Waals surface area contributed by atoms with Gasteiger partial charge in [-0.25, -0.2) is 4.68 Å². The number of carbonyl (C=O) groups excluding carboxylic acids is 1. The number of hydrogen-bond donors (Lipinski definition) is 1. The fraction of sp³-hybridized carbons (Fsp3) is 0.333. The third-order valence-corrected chi connectivity index (χ3v) is 5.76. The van der Waals surface area contributed by atoms with Crippen molar-refractivity contribution in [3.63, 3.8) is 0 Å². The zero-order chi connectivity index (χ0) is 20.1. The molecule has 3 aromatic rings. The maximum Gasteiger partial charge on any atom is 0.250 e. The molecular weight excluding hydrogens is 370 g/mol. The fourth-order valence-electron chi connectivity index (χ4n) is 3.11. The Bertz CT molecular complexity index is 970. The summed E-state index contributed by atoms with van der Waals surface area (Å²) in [6, 6.07) is 9.95. The van der Waals surface area contributed by atoms with Gasteiger partial charge in [-0.2, -0.15) is 5.10 Å². The average Bonchev–Trinajstić information content (AvgIpc) is 3.26. The largest absolute Gasteiger partial charge is 0.297 e. The molecule has 28 heavy (non-hydrogen) atoms. The van der Waals surface area contributed by atoms with Gasteiger partial charge in [-0.1, -0.05) is 43.4 Å². The predicted molar refractivity (Wildman–Crippen MR) is 114 cm³/mol. The van der Waals surface area contributed by atoms with Gasteiger partial charge in [-0.05, 0) is 44.9 Å². The summed E-state index contributed by atoms with van der Waals surface area (Å²) in [6.45, 7) is 8.21. The zero-order valence-corrected chi connectivity index (χ0v) is 17.5. The van der Waals surface area contributed by atoms with Crippen molar-refractivity contribution in [3.8, 4) is 5.69 Å². The number of nitrogens with one attached hydrogen (secondary N) is 1. The topological polar surface area (TPSA) is 72.7 Å². The molecule has 1 N–H and O–H groups in total. The summed E-state index contributed by atoms with van der Waals surface area (Å²) in [4.78, 5) is 12.3. The summed E-state index contributed by atoms with van der Waals surface area (Å²) in [5.41, 5.74) is 3.79. The maximum atomic E-state index is 12.3. The van der Waals surface area contributed by atoms with E-state index in [2.05, 4.69) is 34.5 Å². The Balaban J connectivity index is 1.72. The molecule has 0 aliphatic carbocycles. The van der Waals surface area contributed by atoms with E-state index in [1.807, 2.05) is 48.9 Å². The van der Waals surface area contributed by atoms with Crippen LogP contribution in [0.4, 0.5) is 5.13 Å². The van der Waals surface area contributed by atoms with Crippen LogP contribution in [-0.2, 0) is 4.79 Å². The van der Waals surface area contributed by atoms with E-state index >= 15 is 0 Å². The number of para-hydroxylation sites is 1. The molecule has 1 amide bonds. The van der Waals surface area contributed by atoms with Gasteiger partial charge in [0.25, 0.3) is 0 Å². The molecule has 7 heteroatoms. The van der Waals surface area contributed by atoms with E-state index in [-0.39, 0.29) is 5.91 Å². The molecule has 0 spiro atoms. The van der Waals surface area contributed by atoms with Crippen LogP contribution < -0.4 is 5.32 Å². The Labute approximate surface area is 169 Å². The molecule has 0 aliphatic rings. The monoisotopic (exact) mass is 395 g/mol. The molecule has 0 fully saturated rings. The van der Waals surface area contributed by atoms with E-state index in [0.29, 0.717) is 11.0 Å². The lowest BCUT2D eigenvalue weighted by Crippen LogP contribution is -2.07. The van der Waals surface area contributed by atoms with Crippen LogP contribution in [0.25, 0.3) is 11.8 Å². The minimum Gasteiger partial charge on any atom is -0.297 e. The van der Waals surface area contributed by atoms with Crippen LogP contribution in [0.1, 0.15) is 54.6 Å². The fourth-order valence-corrected chi connectivity index (χ4v) is 4.12. The van der Waals surface area contributed by atoms with E-state index in [9.17, 15) is 4.79 Å². The number of benzene rings is 1. The van der Waals surface area contributed by atoms with E-state index in [0.717, 1.165) is 40.5 Å². The first kappa shape index (κ1) is 19.9. The van der Waals surface area contributed by atoms with Crippen molar-refractivity contribution in [1.82, 2.24) is 20.0 Å². The van der Waals surface area contributed by atoms with Gasteiger partial charge < -0.3 is 0 Å². The summed E-state index contributed by atoms with van der Waals surface area (Å²) < 4.78 is 1.89. The van der Waals surface area contributed by atoms with Gasteiger partial charge in [0.05, 0.1) is 11.4 Å². The Kier molecular flexibility index (Phi) is 6.36. The standard InChI is InChI=1S/C21H25N5OS/c1-5-16(6-2)20-23-24-21(28-20)22-19(27)13-12-18-14(3)25-26(15(18)4)17-10-8-7-9-11-17/h7-13,16H,5-6H2,1-4H3,(H,22,24,27)/b13-12+. The highest BCUT2D eigenvalue weighted by atomic mass is 32.1. The highest BCUT2D eigenvalue weighted by Gasteiger charge is 2.14. The predicted octanol–water partition coefficient (Wildman–Crippen LogP) is 4.90. The minimum atomic E-state index is -0.224. The lowest BCUT2D eigenvalue weighted by Gasteiger charge is -2.05. The van der Waals surface area contributed by atoms with Crippen LogP contribution in [0.15, 0.2) is 36.4 Å². The van der Waals surface area contributed by atoms with Gasteiger partial charge in [-0.15, -0.1) is 10.2 Å². The first-order valence-corrected chi connectivity index (χ1v) is 10.3. The highest BCUT2D eigenvalue weighted by molar-refractivity contribution is 7.15. The molecule has 0 radical (unpaired) electrons. The SMILES string of the molecule is CCC(CC)c1nnc(NC(=O)/C=C/c2c(C)nn(-c3ccccc3)c2C)s1. The number of amides is 1. The number of anilines is 1. The number of nitrogens with zero attached hydrogens (tertiary/aromatic N) is 4. The first-order valence-electron chi connectivity index (χ1n) is 9.47. The van der Waals surface area contributed by atoms with Crippen molar-refractivity contribution in [1.29, 1.82) is 0 Å². The Morgan fingerprint density at radius 1 is 1.18 bits per heavy atom. The Morgan fingerprint density at radius 3 is 2.57 bits per heavy atom. The Morgan fingerprint density at radius 2 is 1.89 bits per heavy atom. The highest BCUT2D eigenvalue weighted by Crippen LogP contribution is 2.28. The van der Waals surface area contributed by atoms with Gasteiger partial charge in [0.1, 0.15) is 5.01 Å². The summed E-state index contributed by atoms with van der Waals surface area (Å²) >= 11 is 1.44. The lowest BCUT2D eigenvalue weighted by molar-refractivity contribution is -0.111. The third-order valence-electron chi connectivity index (χ3n) is 4.76. The second-order valence-electron chi connectivity index (χ2n) is 6.61. The molecule has 2 heterocycles. The smallest absolute Gasteiger partial charge is 0.250 e.